The number of hydrogen-bond donors (Lipinski definition) is 1. The Balaban J connectivity index is 1.97. The third-order valence-electron chi connectivity index (χ3n) is 3.38. The van der Waals surface area contributed by atoms with E-state index in [0.717, 1.165) is 12.0 Å². The number of aryl methyl sites for hydroxylation is 1. The highest BCUT2D eigenvalue weighted by Gasteiger charge is 2.45. The van der Waals surface area contributed by atoms with Crippen LogP contribution in [0.25, 0.3) is 0 Å². The van der Waals surface area contributed by atoms with E-state index in [4.69, 9.17) is 4.74 Å². The molecule has 0 unspecified atom stereocenters. The summed E-state index contributed by atoms with van der Waals surface area (Å²) in [6.45, 7) is 3.38. The number of allylic oxidation sites excluding steroid dienone is 1. The van der Waals surface area contributed by atoms with Gasteiger partial charge in [0.25, 0.3) is 0 Å². The number of carbonyl (C=O) groups excluding carboxylic acids is 1. The fraction of sp³-hybridized carbons (Fsp3) is 0.400. The predicted molar refractivity (Wildman–Crippen MR) is 69.0 cm³/mol. The molecule has 18 heavy (non-hydrogen) atoms. The molecule has 0 radical (unpaired) electrons. The van der Waals surface area contributed by atoms with Gasteiger partial charge >= 0.3 is 0 Å². The molecule has 2 atom stereocenters. The smallest absolute Gasteiger partial charge is 0.204 e. The topological polar surface area (TPSA) is 46.5 Å². The second-order valence-electron chi connectivity index (χ2n) is 4.87. The Kier molecular flexibility index (Phi) is 3.53. The quantitative estimate of drug-likeness (QED) is 0.886. The standard InChI is InChI=1S/C15H18O3/c1-11-10-14(17)15(2,18-11)13(16)9-8-12-6-4-3-5-7-12/h3-7,10,13,16H,8-9H2,1-2H3/t13-,15+/m1/s1. The number of hydrogen-bond acceptors (Lipinski definition) is 3. The minimum absolute atomic E-state index is 0.152. The van der Waals surface area contributed by atoms with Gasteiger partial charge in [-0.15, -0.1) is 0 Å². The van der Waals surface area contributed by atoms with Crippen molar-refractivity contribution >= 4 is 5.78 Å². The highest BCUT2D eigenvalue weighted by molar-refractivity contribution is 5.99. The SMILES string of the molecule is CC1=CC(=O)[C@](C)([C@H](O)CCc2ccccc2)O1. The number of aliphatic hydroxyl groups is 1. The predicted octanol–water partition coefficient (Wildman–Crippen LogP) is 2.24. The van der Waals surface area contributed by atoms with E-state index in [9.17, 15) is 9.90 Å². The first-order chi connectivity index (χ1) is 8.52. The Labute approximate surface area is 107 Å². The summed E-state index contributed by atoms with van der Waals surface area (Å²) in [6, 6.07) is 9.91. The fourth-order valence-corrected chi connectivity index (χ4v) is 2.20. The molecule has 2 rings (SSSR count). The molecule has 0 aliphatic carbocycles. The molecular weight excluding hydrogens is 228 g/mol. The molecule has 0 saturated heterocycles. The zero-order valence-corrected chi connectivity index (χ0v) is 10.7. The number of rotatable bonds is 4. The molecule has 0 spiro atoms. The number of ether oxygens (including phenoxy) is 1. The Morgan fingerprint density at radius 3 is 2.56 bits per heavy atom. The van der Waals surface area contributed by atoms with Crippen molar-refractivity contribution in [1.29, 1.82) is 0 Å². The van der Waals surface area contributed by atoms with E-state index < -0.39 is 11.7 Å². The lowest BCUT2D eigenvalue weighted by Crippen LogP contribution is -2.45. The molecular formula is C15H18O3. The van der Waals surface area contributed by atoms with E-state index in [0.29, 0.717) is 12.2 Å². The van der Waals surface area contributed by atoms with Crippen LogP contribution in [0.1, 0.15) is 25.8 Å². The molecule has 0 amide bonds. The maximum Gasteiger partial charge on any atom is 0.204 e. The summed E-state index contributed by atoms with van der Waals surface area (Å²) in [5.41, 5.74) is 0.0362. The lowest BCUT2D eigenvalue weighted by Gasteiger charge is -2.28. The molecule has 96 valence electrons. The normalized spacial score (nSPS) is 24.6. The molecule has 1 aliphatic rings. The fourth-order valence-electron chi connectivity index (χ4n) is 2.20. The van der Waals surface area contributed by atoms with Crippen molar-refractivity contribution in [2.45, 2.75) is 38.4 Å². The maximum absolute atomic E-state index is 11.8. The highest BCUT2D eigenvalue weighted by Crippen LogP contribution is 2.30. The first kappa shape index (κ1) is 12.8. The van der Waals surface area contributed by atoms with E-state index in [2.05, 4.69) is 0 Å². The van der Waals surface area contributed by atoms with Crippen LogP contribution in [0.5, 0.6) is 0 Å². The summed E-state index contributed by atoms with van der Waals surface area (Å²) in [4.78, 5) is 11.8. The van der Waals surface area contributed by atoms with Crippen molar-refractivity contribution in [3.63, 3.8) is 0 Å². The van der Waals surface area contributed by atoms with Crippen molar-refractivity contribution < 1.29 is 14.6 Å². The van der Waals surface area contributed by atoms with E-state index in [1.54, 1.807) is 13.8 Å². The van der Waals surface area contributed by atoms with E-state index in [1.165, 1.54) is 6.08 Å². The largest absolute Gasteiger partial charge is 0.481 e. The van der Waals surface area contributed by atoms with E-state index >= 15 is 0 Å². The van der Waals surface area contributed by atoms with Gasteiger partial charge in [-0.25, -0.2) is 0 Å². The van der Waals surface area contributed by atoms with Crippen LogP contribution in [0.15, 0.2) is 42.2 Å². The zero-order chi connectivity index (χ0) is 13.2. The first-order valence-electron chi connectivity index (χ1n) is 6.16. The number of ketones is 1. The number of benzene rings is 1. The molecule has 3 heteroatoms. The lowest BCUT2D eigenvalue weighted by atomic mass is 9.90. The van der Waals surface area contributed by atoms with Gasteiger partial charge in [-0.05, 0) is 32.3 Å². The van der Waals surface area contributed by atoms with Gasteiger partial charge in [0.15, 0.2) is 5.60 Å². The van der Waals surface area contributed by atoms with Gasteiger partial charge in [-0.3, -0.25) is 4.79 Å². The molecule has 1 aromatic rings. The summed E-state index contributed by atoms with van der Waals surface area (Å²) in [5.74, 6) is 0.418. The molecule has 1 aliphatic heterocycles. The van der Waals surface area contributed by atoms with Crippen molar-refractivity contribution in [1.82, 2.24) is 0 Å². The zero-order valence-electron chi connectivity index (χ0n) is 10.7. The van der Waals surface area contributed by atoms with Crippen LogP contribution < -0.4 is 0 Å². The van der Waals surface area contributed by atoms with Gasteiger partial charge in [-0.1, -0.05) is 30.3 Å². The Morgan fingerprint density at radius 2 is 2.00 bits per heavy atom. The van der Waals surface area contributed by atoms with Crippen molar-refractivity contribution in [2.75, 3.05) is 0 Å². The third kappa shape index (κ3) is 2.46. The Bertz CT molecular complexity index is 464. The van der Waals surface area contributed by atoms with Gasteiger partial charge in [-0.2, -0.15) is 0 Å². The molecule has 0 aromatic heterocycles. The summed E-state index contributed by atoms with van der Waals surface area (Å²) >= 11 is 0. The van der Waals surface area contributed by atoms with Gasteiger partial charge < -0.3 is 9.84 Å². The van der Waals surface area contributed by atoms with Crippen LogP contribution in [0, 0.1) is 0 Å². The lowest BCUT2D eigenvalue weighted by molar-refractivity contribution is -0.140. The van der Waals surface area contributed by atoms with Gasteiger partial charge in [0.2, 0.25) is 5.78 Å². The average Bonchev–Trinajstić information content (AvgIpc) is 2.62. The molecule has 1 aromatic carbocycles. The first-order valence-corrected chi connectivity index (χ1v) is 6.16. The Morgan fingerprint density at radius 1 is 1.33 bits per heavy atom. The molecule has 1 heterocycles. The van der Waals surface area contributed by atoms with Crippen molar-refractivity contribution in [2.24, 2.45) is 0 Å². The van der Waals surface area contributed by atoms with Crippen LogP contribution in [0.4, 0.5) is 0 Å². The second kappa shape index (κ2) is 4.94. The number of aliphatic hydroxyl groups excluding tert-OH is 1. The van der Waals surface area contributed by atoms with E-state index in [-0.39, 0.29) is 5.78 Å². The van der Waals surface area contributed by atoms with Crippen LogP contribution in [0.2, 0.25) is 0 Å². The summed E-state index contributed by atoms with van der Waals surface area (Å²) in [7, 11) is 0. The maximum atomic E-state index is 11.8. The molecule has 3 nitrogen and oxygen atoms in total. The summed E-state index contributed by atoms with van der Waals surface area (Å²) in [5, 5.41) is 10.2. The van der Waals surface area contributed by atoms with Crippen LogP contribution in [0.3, 0.4) is 0 Å². The molecule has 0 saturated carbocycles. The van der Waals surface area contributed by atoms with E-state index in [1.807, 2.05) is 30.3 Å². The van der Waals surface area contributed by atoms with Crippen LogP contribution >= 0.6 is 0 Å². The van der Waals surface area contributed by atoms with Gasteiger partial charge in [0.1, 0.15) is 6.10 Å². The summed E-state index contributed by atoms with van der Waals surface area (Å²) in [6.07, 6.45) is 1.89. The van der Waals surface area contributed by atoms with Crippen LogP contribution in [-0.2, 0) is 16.0 Å². The Hall–Kier alpha value is -1.61. The molecule has 0 fully saturated rings. The van der Waals surface area contributed by atoms with Crippen molar-refractivity contribution in [3.8, 4) is 0 Å². The van der Waals surface area contributed by atoms with Crippen LogP contribution in [-0.4, -0.2) is 22.6 Å². The van der Waals surface area contributed by atoms with Gasteiger partial charge in [0, 0.05) is 6.08 Å². The average molecular weight is 246 g/mol. The van der Waals surface area contributed by atoms with Crippen molar-refractivity contribution in [3.05, 3.63) is 47.7 Å². The second-order valence-corrected chi connectivity index (χ2v) is 4.87. The monoisotopic (exact) mass is 246 g/mol. The van der Waals surface area contributed by atoms with Gasteiger partial charge in [0.05, 0.1) is 5.76 Å². The summed E-state index contributed by atoms with van der Waals surface area (Å²) < 4.78 is 5.47. The molecule has 1 N–H and O–H groups in total. The third-order valence-corrected chi connectivity index (χ3v) is 3.38. The molecule has 0 bridgehead atoms. The highest BCUT2D eigenvalue weighted by atomic mass is 16.5. The minimum Gasteiger partial charge on any atom is -0.481 e. The number of carbonyl (C=O) groups is 1. The minimum atomic E-state index is -1.11.